The number of thiophene rings is 1. The van der Waals surface area contributed by atoms with E-state index in [1.807, 2.05) is 0 Å². The van der Waals surface area contributed by atoms with Crippen LogP contribution in [0.5, 0.6) is 0 Å². The largest absolute Gasteiger partial charge is 0.379 e. The van der Waals surface area contributed by atoms with Gasteiger partial charge in [-0.1, -0.05) is 11.6 Å². The third kappa shape index (κ3) is 6.99. The fraction of sp³-hybridized carbons (Fsp3) is 0.625. The van der Waals surface area contributed by atoms with Crippen molar-refractivity contribution in [2.24, 2.45) is 0 Å². The van der Waals surface area contributed by atoms with Crippen LogP contribution in [0.2, 0.25) is 4.34 Å². The second-order valence-electron chi connectivity index (χ2n) is 5.54. The van der Waals surface area contributed by atoms with Gasteiger partial charge >= 0.3 is 0 Å². The van der Waals surface area contributed by atoms with E-state index in [0.717, 1.165) is 45.7 Å². The number of halogens is 1. The molecule has 1 N–H and O–H groups in total. The lowest BCUT2D eigenvalue weighted by Crippen LogP contribution is -2.37. The van der Waals surface area contributed by atoms with E-state index in [1.165, 1.54) is 11.3 Å². The van der Waals surface area contributed by atoms with Gasteiger partial charge in [0.1, 0.15) is 0 Å². The summed E-state index contributed by atoms with van der Waals surface area (Å²) in [5.41, 5.74) is 0. The number of nitrogens with one attached hydrogen (secondary N) is 1. The SMILES string of the molecule is O=C(CCC(=O)c1ccc(Cl)s1)NCCCCN1CCOCC1. The molecule has 1 aliphatic rings. The number of ether oxygens (including phenoxy) is 1. The van der Waals surface area contributed by atoms with Gasteiger partial charge in [0.05, 0.1) is 22.4 Å². The van der Waals surface area contributed by atoms with Crippen molar-refractivity contribution in [3.05, 3.63) is 21.3 Å². The van der Waals surface area contributed by atoms with E-state index in [0.29, 0.717) is 15.8 Å². The summed E-state index contributed by atoms with van der Waals surface area (Å²) in [6.07, 6.45) is 2.48. The van der Waals surface area contributed by atoms with Crippen molar-refractivity contribution in [3.63, 3.8) is 0 Å². The van der Waals surface area contributed by atoms with Crippen molar-refractivity contribution in [2.45, 2.75) is 25.7 Å². The van der Waals surface area contributed by atoms with Gasteiger partial charge in [0.2, 0.25) is 5.91 Å². The summed E-state index contributed by atoms with van der Waals surface area (Å²) in [4.78, 5) is 26.6. The Labute approximate surface area is 145 Å². The van der Waals surface area contributed by atoms with Crippen molar-refractivity contribution >= 4 is 34.6 Å². The molecule has 1 amide bonds. The molecule has 0 aromatic carbocycles. The van der Waals surface area contributed by atoms with Crippen LogP contribution in [0.1, 0.15) is 35.4 Å². The standard InChI is InChI=1S/C16H23ClN2O3S/c17-15-5-4-14(23-15)13(20)3-6-16(21)18-7-1-2-8-19-9-11-22-12-10-19/h4-5H,1-3,6-12H2,(H,18,21). The fourth-order valence-corrected chi connectivity index (χ4v) is 3.43. The predicted molar refractivity (Wildman–Crippen MR) is 92.4 cm³/mol. The number of ketones is 1. The zero-order chi connectivity index (χ0) is 16.5. The Morgan fingerprint density at radius 2 is 2.00 bits per heavy atom. The van der Waals surface area contributed by atoms with Crippen LogP contribution < -0.4 is 5.32 Å². The van der Waals surface area contributed by atoms with Crippen molar-refractivity contribution in [1.29, 1.82) is 0 Å². The number of amides is 1. The zero-order valence-corrected chi connectivity index (χ0v) is 14.8. The van der Waals surface area contributed by atoms with Crippen LogP contribution in [-0.2, 0) is 9.53 Å². The number of nitrogens with zero attached hydrogens (tertiary/aromatic N) is 1. The lowest BCUT2D eigenvalue weighted by atomic mass is 10.2. The van der Waals surface area contributed by atoms with Crippen LogP contribution in [-0.4, -0.2) is 56.0 Å². The summed E-state index contributed by atoms with van der Waals surface area (Å²) in [7, 11) is 0. The van der Waals surface area contributed by atoms with E-state index >= 15 is 0 Å². The normalized spacial score (nSPS) is 15.5. The molecule has 1 aromatic heterocycles. The highest BCUT2D eigenvalue weighted by atomic mass is 35.5. The average Bonchev–Trinajstić information content (AvgIpc) is 3.00. The second kappa shape index (κ2) is 10.0. The number of hydrogen-bond acceptors (Lipinski definition) is 5. The van der Waals surface area contributed by atoms with E-state index in [9.17, 15) is 9.59 Å². The molecular formula is C16H23ClN2O3S. The zero-order valence-electron chi connectivity index (χ0n) is 13.2. The summed E-state index contributed by atoms with van der Waals surface area (Å²) in [6.45, 7) is 5.36. The molecule has 0 aliphatic carbocycles. The highest BCUT2D eigenvalue weighted by Gasteiger charge is 2.12. The Balaban J connectivity index is 1.50. The molecule has 2 rings (SSSR count). The third-order valence-corrected chi connectivity index (χ3v) is 5.03. The number of unbranched alkanes of at least 4 members (excludes halogenated alkanes) is 1. The Morgan fingerprint density at radius 3 is 2.70 bits per heavy atom. The Bertz CT molecular complexity index is 515. The van der Waals surface area contributed by atoms with Crippen LogP contribution in [0.4, 0.5) is 0 Å². The summed E-state index contributed by atoms with van der Waals surface area (Å²) in [5.74, 6) is -0.0863. The van der Waals surface area contributed by atoms with Crippen LogP contribution in [0, 0.1) is 0 Å². The van der Waals surface area contributed by atoms with Crippen LogP contribution in [0.3, 0.4) is 0 Å². The molecule has 0 spiro atoms. The first-order chi connectivity index (χ1) is 11.1. The highest BCUT2D eigenvalue weighted by molar-refractivity contribution is 7.18. The summed E-state index contributed by atoms with van der Waals surface area (Å²) < 4.78 is 5.90. The first kappa shape index (κ1) is 18.4. The van der Waals surface area contributed by atoms with Crippen molar-refractivity contribution in [2.75, 3.05) is 39.4 Å². The Hall–Kier alpha value is -0.950. The smallest absolute Gasteiger partial charge is 0.220 e. The van der Waals surface area contributed by atoms with Gasteiger partial charge in [-0.25, -0.2) is 0 Å². The molecule has 0 bridgehead atoms. The summed E-state index contributed by atoms with van der Waals surface area (Å²) in [6, 6.07) is 3.41. The van der Waals surface area contributed by atoms with Gasteiger partial charge in [-0.15, -0.1) is 11.3 Å². The molecule has 0 radical (unpaired) electrons. The monoisotopic (exact) mass is 358 g/mol. The van der Waals surface area contributed by atoms with E-state index in [4.69, 9.17) is 16.3 Å². The maximum absolute atomic E-state index is 11.9. The number of carbonyl (C=O) groups is 2. The van der Waals surface area contributed by atoms with Crippen LogP contribution in [0.25, 0.3) is 0 Å². The molecule has 1 aliphatic heterocycles. The van der Waals surface area contributed by atoms with Gasteiger partial charge in [0.15, 0.2) is 5.78 Å². The van der Waals surface area contributed by atoms with Gasteiger partial charge in [0, 0.05) is 32.5 Å². The number of Topliss-reactive ketones (excluding diaryl/α,β-unsaturated/α-hetero) is 1. The molecule has 1 fully saturated rings. The first-order valence-corrected chi connectivity index (χ1v) is 9.20. The van der Waals surface area contributed by atoms with Gasteiger partial charge < -0.3 is 10.1 Å². The topological polar surface area (TPSA) is 58.6 Å². The van der Waals surface area contributed by atoms with E-state index in [1.54, 1.807) is 12.1 Å². The molecule has 2 heterocycles. The minimum absolute atomic E-state index is 0.0237. The lowest BCUT2D eigenvalue weighted by Gasteiger charge is -2.26. The molecule has 5 nitrogen and oxygen atoms in total. The Morgan fingerprint density at radius 1 is 1.22 bits per heavy atom. The van der Waals surface area contributed by atoms with E-state index < -0.39 is 0 Å². The number of rotatable bonds is 9. The maximum Gasteiger partial charge on any atom is 0.220 e. The predicted octanol–water partition coefficient (Wildman–Crippen LogP) is 2.59. The molecule has 1 aromatic rings. The number of carbonyl (C=O) groups excluding carboxylic acids is 2. The summed E-state index contributed by atoms with van der Waals surface area (Å²) >= 11 is 7.05. The minimum Gasteiger partial charge on any atom is -0.379 e. The molecule has 1 saturated heterocycles. The second-order valence-corrected chi connectivity index (χ2v) is 7.25. The first-order valence-electron chi connectivity index (χ1n) is 8.00. The number of hydrogen-bond donors (Lipinski definition) is 1. The molecule has 0 atom stereocenters. The van der Waals surface area contributed by atoms with Crippen LogP contribution >= 0.6 is 22.9 Å². The Kier molecular flexibility index (Phi) is 8.02. The quantitative estimate of drug-likeness (QED) is 0.544. The fourth-order valence-electron chi connectivity index (χ4n) is 2.42. The lowest BCUT2D eigenvalue weighted by molar-refractivity contribution is -0.121. The van der Waals surface area contributed by atoms with Crippen molar-refractivity contribution < 1.29 is 14.3 Å². The van der Waals surface area contributed by atoms with Crippen molar-refractivity contribution in [3.8, 4) is 0 Å². The van der Waals surface area contributed by atoms with Gasteiger partial charge in [-0.05, 0) is 31.5 Å². The number of morpholine rings is 1. The van der Waals surface area contributed by atoms with Gasteiger partial charge in [-0.3, -0.25) is 14.5 Å². The van der Waals surface area contributed by atoms with Crippen molar-refractivity contribution in [1.82, 2.24) is 10.2 Å². The molecule has 0 saturated carbocycles. The maximum atomic E-state index is 11.9. The summed E-state index contributed by atoms with van der Waals surface area (Å²) in [5, 5.41) is 2.88. The molecule has 0 unspecified atom stereocenters. The van der Waals surface area contributed by atoms with Gasteiger partial charge in [0.25, 0.3) is 0 Å². The van der Waals surface area contributed by atoms with Gasteiger partial charge in [-0.2, -0.15) is 0 Å². The van der Waals surface area contributed by atoms with E-state index in [2.05, 4.69) is 10.2 Å². The molecule has 7 heteroatoms. The molecule has 23 heavy (non-hydrogen) atoms. The molecule has 128 valence electrons. The van der Waals surface area contributed by atoms with E-state index in [-0.39, 0.29) is 24.5 Å². The highest BCUT2D eigenvalue weighted by Crippen LogP contribution is 2.22. The third-order valence-electron chi connectivity index (χ3n) is 3.75. The average molecular weight is 359 g/mol. The minimum atomic E-state index is -0.0626. The van der Waals surface area contributed by atoms with Crippen LogP contribution in [0.15, 0.2) is 12.1 Å². The molecular weight excluding hydrogens is 336 g/mol.